The van der Waals surface area contributed by atoms with E-state index < -0.39 is 0 Å². The molecule has 1 aliphatic rings. The minimum absolute atomic E-state index is 0. The third-order valence-corrected chi connectivity index (χ3v) is 6.43. The third kappa shape index (κ3) is 4.89. The van der Waals surface area contributed by atoms with Gasteiger partial charge in [0.2, 0.25) is 0 Å². The van der Waals surface area contributed by atoms with Gasteiger partial charge in [0, 0.05) is 32.5 Å². The summed E-state index contributed by atoms with van der Waals surface area (Å²) in [6, 6.07) is 37.4. The first kappa shape index (κ1) is 24.7. The van der Waals surface area contributed by atoms with Gasteiger partial charge in [-0.3, -0.25) is 0 Å². The van der Waals surface area contributed by atoms with Crippen LogP contribution in [-0.2, 0) is 25.5 Å². The molecule has 5 aromatic rings. The first-order valence-electron chi connectivity index (χ1n) is 11.5. The summed E-state index contributed by atoms with van der Waals surface area (Å²) in [5.74, 6) is 0. The molecule has 0 spiro atoms. The fourth-order valence-electron chi connectivity index (χ4n) is 4.62. The van der Waals surface area contributed by atoms with Crippen molar-refractivity contribution in [3.63, 3.8) is 0 Å². The van der Waals surface area contributed by atoms with Gasteiger partial charge in [-0.1, -0.05) is 73.0 Å². The molecular weight excluding hydrogens is 605 g/mol. The van der Waals surface area contributed by atoms with E-state index in [4.69, 9.17) is 0 Å². The molecule has 2 heterocycles. The molecule has 35 heavy (non-hydrogen) atoms. The zero-order chi connectivity index (χ0) is 23.5. The van der Waals surface area contributed by atoms with Gasteiger partial charge in [-0.2, -0.15) is 0 Å². The van der Waals surface area contributed by atoms with Crippen molar-refractivity contribution in [1.82, 2.24) is 9.97 Å². The van der Waals surface area contributed by atoms with Crippen LogP contribution in [0.1, 0.15) is 30.5 Å². The number of hydrogen-bond acceptors (Lipinski definition) is 2. The molecule has 3 aromatic carbocycles. The van der Waals surface area contributed by atoms with Crippen molar-refractivity contribution in [2.24, 2.45) is 0 Å². The second kappa shape index (κ2) is 10.5. The van der Waals surface area contributed by atoms with Crippen LogP contribution in [0.2, 0.25) is 0 Å². The first-order chi connectivity index (χ1) is 16.6. The molecule has 2 aromatic heterocycles. The van der Waals surface area contributed by atoms with Crippen LogP contribution in [0.25, 0.3) is 33.6 Å². The van der Waals surface area contributed by atoms with Crippen LogP contribution in [0.5, 0.6) is 0 Å². The maximum Gasteiger partial charge on any atom is 0.0160 e. The SMILES string of the molecule is Cc1cccnc1-c1[c-]cc2c(c1)C(C)(C)c1ccccc1-2.[Ir].[c-]1ccccc1-c1ccccn1. The predicted molar refractivity (Wildman–Crippen MR) is 139 cm³/mol. The van der Waals surface area contributed by atoms with Crippen molar-refractivity contribution in [3.05, 3.63) is 132 Å². The summed E-state index contributed by atoms with van der Waals surface area (Å²) in [5.41, 5.74) is 10.7. The number of pyridine rings is 2. The molecule has 0 saturated heterocycles. The smallest absolute Gasteiger partial charge is 0.0160 e. The van der Waals surface area contributed by atoms with Crippen molar-refractivity contribution in [1.29, 1.82) is 0 Å². The fourth-order valence-corrected chi connectivity index (χ4v) is 4.62. The second-order valence-electron chi connectivity index (χ2n) is 9.00. The third-order valence-electron chi connectivity index (χ3n) is 6.43. The predicted octanol–water partition coefficient (Wildman–Crippen LogP) is 7.71. The average molecular weight is 631 g/mol. The molecule has 0 saturated carbocycles. The molecule has 0 atom stereocenters. The zero-order valence-corrected chi connectivity index (χ0v) is 22.4. The molecule has 0 N–H and O–H groups in total. The quantitative estimate of drug-likeness (QED) is 0.187. The molecule has 1 radical (unpaired) electrons. The maximum absolute atomic E-state index is 4.54. The molecule has 3 heteroatoms. The number of aromatic nitrogens is 2. The Labute approximate surface area is 221 Å². The number of aryl methyl sites for hydroxylation is 1. The van der Waals surface area contributed by atoms with Crippen LogP contribution in [0.4, 0.5) is 0 Å². The van der Waals surface area contributed by atoms with E-state index in [9.17, 15) is 0 Å². The molecule has 6 rings (SSSR count). The van der Waals surface area contributed by atoms with E-state index in [0.29, 0.717) is 0 Å². The molecule has 0 amide bonds. The Balaban J connectivity index is 0.000000189. The summed E-state index contributed by atoms with van der Waals surface area (Å²) in [6.45, 7) is 6.70. The summed E-state index contributed by atoms with van der Waals surface area (Å²) in [6.07, 6.45) is 3.64. The normalized spacial score (nSPS) is 12.4. The number of hydrogen-bond donors (Lipinski definition) is 0. The van der Waals surface area contributed by atoms with Gasteiger partial charge >= 0.3 is 0 Å². The molecular formula is C32H26IrN2-2. The molecule has 0 unspecified atom stereocenters. The number of rotatable bonds is 2. The Morgan fingerprint density at radius 3 is 2.20 bits per heavy atom. The van der Waals surface area contributed by atoms with Gasteiger partial charge in [0.1, 0.15) is 0 Å². The van der Waals surface area contributed by atoms with E-state index in [-0.39, 0.29) is 25.5 Å². The zero-order valence-electron chi connectivity index (χ0n) is 20.0. The van der Waals surface area contributed by atoms with Crippen LogP contribution >= 0.6 is 0 Å². The Morgan fingerprint density at radius 2 is 1.46 bits per heavy atom. The van der Waals surface area contributed by atoms with E-state index in [1.807, 2.05) is 54.7 Å². The molecule has 175 valence electrons. The summed E-state index contributed by atoms with van der Waals surface area (Å²) in [5, 5.41) is 0. The Bertz CT molecular complexity index is 1390. The minimum atomic E-state index is 0. The Kier molecular flexibility index (Phi) is 7.40. The van der Waals surface area contributed by atoms with Crippen molar-refractivity contribution in [2.75, 3.05) is 0 Å². The van der Waals surface area contributed by atoms with Gasteiger partial charge in [-0.25, -0.2) is 0 Å². The van der Waals surface area contributed by atoms with Gasteiger partial charge in [0.05, 0.1) is 0 Å². The molecule has 0 bridgehead atoms. The van der Waals surface area contributed by atoms with Crippen molar-refractivity contribution in [2.45, 2.75) is 26.2 Å². The molecule has 0 fully saturated rings. The Hall–Kier alpha value is -3.39. The van der Waals surface area contributed by atoms with E-state index >= 15 is 0 Å². The van der Waals surface area contributed by atoms with Crippen LogP contribution in [0.15, 0.2) is 103 Å². The van der Waals surface area contributed by atoms with E-state index in [2.05, 4.69) is 85.3 Å². The topological polar surface area (TPSA) is 25.8 Å². The van der Waals surface area contributed by atoms with Crippen LogP contribution in [0, 0.1) is 19.1 Å². The van der Waals surface area contributed by atoms with Gasteiger partial charge < -0.3 is 9.97 Å². The van der Waals surface area contributed by atoms with Crippen molar-refractivity contribution in [3.8, 4) is 33.6 Å². The summed E-state index contributed by atoms with van der Waals surface area (Å²) in [4.78, 5) is 8.76. The maximum atomic E-state index is 4.54. The van der Waals surface area contributed by atoms with E-state index in [0.717, 1.165) is 22.5 Å². The van der Waals surface area contributed by atoms with Gasteiger partial charge in [-0.05, 0) is 41.4 Å². The number of nitrogens with zero attached hydrogens (tertiary/aromatic N) is 2. The van der Waals surface area contributed by atoms with E-state index in [1.54, 1.807) is 6.20 Å². The van der Waals surface area contributed by atoms with Gasteiger partial charge in [-0.15, -0.1) is 65.2 Å². The molecule has 0 aliphatic heterocycles. The summed E-state index contributed by atoms with van der Waals surface area (Å²) in [7, 11) is 0. The molecule has 2 nitrogen and oxygen atoms in total. The van der Waals surface area contributed by atoms with Crippen molar-refractivity contribution < 1.29 is 20.1 Å². The first-order valence-corrected chi connectivity index (χ1v) is 11.5. The van der Waals surface area contributed by atoms with Crippen LogP contribution in [0.3, 0.4) is 0 Å². The van der Waals surface area contributed by atoms with E-state index in [1.165, 1.54) is 27.8 Å². The minimum Gasteiger partial charge on any atom is -0.305 e. The van der Waals surface area contributed by atoms with Crippen molar-refractivity contribution >= 4 is 0 Å². The monoisotopic (exact) mass is 631 g/mol. The van der Waals surface area contributed by atoms with Crippen LogP contribution in [-0.4, -0.2) is 9.97 Å². The fraction of sp³-hybridized carbons (Fsp3) is 0.125. The number of benzene rings is 3. The van der Waals surface area contributed by atoms with Crippen LogP contribution < -0.4 is 0 Å². The standard InChI is InChI=1S/C21H18N.C11H8N.Ir/c1-14-7-6-12-22-20(14)15-10-11-17-16-8-4-5-9-18(16)21(2,3)19(17)13-15;1-2-6-10(7-3-1)11-8-4-5-9-12-11;/h4-9,11-13H,1-3H3;1-6,8-9H;/q2*-1;. The summed E-state index contributed by atoms with van der Waals surface area (Å²) >= 11 is 0. The summed E-state index contributed by atoms with van der Waals surface area (Å²) < 4.78 is 0. The van der Waals surface area contributed by atoms with Gasteiger partial charge in [0.25, 0.3) is 0 Å². The Morgan fingerprint density at radius 1 is 0.686 bits per heavy atom. The number of fused-ring (bicyclic) bond motifs is 3. The molecule has 1 aliphatic carbocycles. The second-order valence-corrected chi connectivity index (χ2v) is 9.00. The largest absolute Gasteiger partial charge is 0.305 e. The van der Waals surface area contributed by atoms with Gasteiger partial charge in [0.15, 0.2) is 0 Å². The average Bonchev–Trinajstić information content (AvgIpc) is 3.12.